The van der Waals surface area contributed by atoms with E-state index in [0.717, 1.165) is 20.8 Å². The Bertz CT molecular complexity index is 2440. The SMILES string of the molecule is CC(=O)N[C@H]1[C@H](O[C@H]2[C@@H](O)[C@@H](CO[C@@H]3O[C@H](CO)[C@@H](O[C@@H]4O[C@H](CO)[C@H](O)[C@H](O)[C@H]4O[C@@H]4O[C@@H](C)[C@@H](O)[C@@H](O)[C@@H]4O)[C@H](O)[C@H]3NC(C)=O)O[C@@H](O[C@H]3[C@H](O)[C@@H](NC(C)=O)[C@H](O[C@@H]([C@@H](O)[C@H](O)CO)[C@@H](O)CO)O[C@@H]3CO)[C@@H]2O)O[C@H](CO)[C@@H](O[C@@H]2O[C@H](CO)[C@H](O)[C@H](O)[C@H]2O)[C@@H]1O. The molecule has 564 valence electrons. The summed E-state index contributed by atoms with van der Waals surface area (Å²) >= 11 is 0. The van der Waals surface area contributed by atoms with Crippen LogP contribution in [0.4, 0.5) is 0 Å². The number of nitrogens with one attached hydrogen (secondary N) is 3. The highest BCUT2D eigenvalue weighted by atomic mass is 16.8. The number of hydrogen-bond acceptors (Lipinski definition) is 40. The van der Waals surface area contributed by atoms with Gasteiger partial charge in [-0.1, -0.05) is 0 Å². The van der Waals surface area contributed by atoms with Crippen LogP contribution < -0.4 is 16.0 Å². The Morgan fingerprint density at radius 2 is 0.711 bits per heavy atom. The van der Waals surface area contributed by atoms with Crippen LogP contribution in [-0.4, -0.2) is 427 Å². The predicted octanol–water partition coefficient (Wildman–Crippen LogP) is -17.4. The second kappa shape index (κ2) is 35.9. The summed E-state index contributed by atoms with van der Waals surface area (Å²) in [5.41, 5.74) is 0. The Morgan fingerprint density at radius 3 is 1.19 bits per heavy atom. The summed E-state index contributed by atoms with van der Waals surface area (Å²) in [6, 6.07) is -5.67. The van der Waals surface area contributed by atoms with E-state index in [4.69, 9.17) is 66.3 Å². The fourth-order valence-electron chi connectivity index (χ4n) is 12.1. The van der Waals surface area contributed by atoms with Gasteiger partial charge in [0, 0.05) is 20.8 Å². The van der Waals surface area contributed by atoms with E-state index in [0.29, 0.717) is 0 Å². The maximum atomic E-state index is 12.9. The molecule has 7 rings (SSSR count). The number of hydrogen-bond donors (Lipinski definition) is 26. The number of carbonyl (C=O) groups excluding carboxylic acids is 3. The van der Waals surface area contributed by atoms with Gasteiger partial charge in [0.1, 0.15) is 189 Å². The molecule has 0 radical (unpaired) electrons. The van der Waals surface area contributed by atoms with E-state index in [1.807, 2.05) is 0 Å². The average Bonchev–Trinajstić information content (AvgIpc) is 0.778. The summed E-state index contributed by atoms with van der Waals surface area (Å²) in [6.07, 6.45) is -71.8. The summed E-state index contributed by atoms with van der Waals surface area (Å²) in [6.45, 7) is -4.52. The molecule has 7 fully saturated rings. The molecule has 0 aromatic heterocycles. The molecule has 0 aromatic rings. The second-order valence-electron chi connectivity index (χ2n) is 24.4. The summed E-state index contributed by atoms with van der Waals surface area (Å²) in [5.74, 6) is -2.77. The van der Waals surface area contributed by atoms with E-state index in [1.54, 1.807) is 0 Å². The molecule has 43 nitrogen and oxygen atoms in total. The molecule has 7 saturated heterocycles. The molecule has 0 saturated carbocycles. The average molecular weight is 1420 g/mol. The van der Waals surface area contributed by atoms with Crippen LogP contribution in [0, 0.1) is 0 Å². The van der Waals surface area contributed by atoms with Crippen molar-refractivity contribution in [2.24, 2.45) is 0 Å². The summed E-state index contributed by atoms with van der Waals surface area (Å²) in [4.78, 5) is 38.5. The third kappa shape index (κ3) is 18.5. The second-order valence-corrected chi connectivity index (χ2v) is 24.4. The highest BCUT2D eigenvalue weighted by molar-refractivity contribution is 5.74. The van der Waals surface area contributed by atoms with Crippen LogP contribution in [0.2, 0.25) is 0 Å². The van der Waals surface area contributed by atoms with Gasteiger partial charge in [0.25, 0.3) is 0 Å². The summed E-state index contributed by atoms with van der Waals surface area (Å²) in [7, 11) is 0. The van der Waals surface area contributed by atoms with Crippen molar-refractivity contribution in [3.63, 3.8) is 0 Å². The van der Waals surface area contributed by atoms with Crippen molar-refractivity contribution in [2.75, 3.05) is 52.9 Å². The van der Waals surface area contributed by atoms with Gasteiger partial charge in [-0.25, -0.2) is 0 Å². The smallest absolute Gasteiger partial charge is 0.217 e. The normalized spacial score (nSPS) is 46.5. The van der Waals surface area contributed by atoms with E-state index >= 15 is 0 Å². The van der Waals surface area contributed by atoms with Crippen LogP contribution >= 0.6 is 0 Å². The molecule has 7 aliphatic rings. The van der Waals surface area contributed by atoms with Crippen LogP contribution in [0.1, 0.15) is 27.7 Å². The summed E-state index contributed by atoms with van der Waals surface area (Å²) < 4.78 is 82.2. The van der Waals surface area contributed by atoms with Crippen molar-refractivity contribution < 1.29 is 198 Å². The molecule has 43 heteroatoms. The maximum absolute atomic E-state index is 12.9. The minimum Gasteiger partial charge on any atom is -0.394 e. The first kappa shape index (κ1) is 81.2. The van der Waals surface area contributed by atoms with Crippen molar-refractivity contribution in [1.29, 1.82) is 0 Å². The zero-order valence-electron chi connectivity index (χ0n) is 52.4. The number of rotatable bonds is 28. The van der Waals surface area contributed by atoms with Crippen molar-refractivity contribution in [2.45, 2.75) is 267 Å². The third-order valence-electron chi connectivity index (χ3n) is 17.4. The van der Waals surface area contributed by atoms with Crippen LogP contribution in [0.25, 0.3) is 0 Å². The fraction of sp³-hybridized carbons (Fsp3) is 0.944. The first-order valence-corrected chi connectivity index (χ1v) is 30.9. The Morgan fingerprint density at radius 1 is 0.351 bits per heavy atom. The quantitative estimate of drug-likeness (QED) is 0.0346. The number of aliphatic hydroxyl groups excluding tert-OH is 23. The maximum Gasteiger partial charge on any atom is 0.217 e. The monoisotopic (exact) mass is 1420 g/mol. The van der Waals surface area contributed by atoms with Gasteiger partial charge in [-0.15, -0.1) is 0 Å². The van der Waals surface area contributed by atoms with Crippen LogP contribution in [0.5, 0.6) is 0 Å². The van der Waals surface area contributed by atoms with Gasteiger partial charge in [0.15, 0.2) is 44.0 Å². The first-order chi connectivity index (χ1) is 45.8. The number of carbonyl (C=O) groups is 3. The molecule has 0 bridgehead atoms. The zero-order chi connectivity index (χ0) is 71.9. The minimum absolute atomic E-state index is 0.907. The molecule has 0 aromatic carbocycles. The highest BCUT2D eigenvalue weighted by Crippen LogP contribution is 2.38. The molecule has 39 atom stereocenters. The molecule has 0 unspecified atom stereocenters. The Kier molecular flexibility index (Phi) is 30.1. The van der Waals surface area contributed by atoms with E-state index in [2.05, 4.69) is 16.0 Å². The lowest BCUT2D eigenvalue weighted by molar-refractivity contribution is -0.387. The molecule has 26 N–H and O–H groups in total. The van der Waals surface area contributed by atoms with E-state index in [-0.39, 0.29) is 0 Å². The van der Waals surface area contributed by atoms with Crippen LogP contribution in [0.15, 0.2) is 0 Å². The van der Waals surface area contributed by atoms with Gasteiger partial charge >= 0.3 is 0 Å². The van der Waals surface area contributed by atoms with Gasteiger partial charge in [0.2, 0.25) is 17.7 Å². The van der Waals surface area contributed by atoms with Crippen molar-refractivity contribution >= 4 is 17.7 Å². The lowest BCUT2D eigenvalue weighted by atomic mass is 9.94. The number of amides is 3. The summed E-state index contributed by atoms with van der Waals surface area (Å²) in [5, 5.41) is 256. The van der Waals surface area contributed by atoms with Crippen molar-refractivity contribution in [3.8, 4) is 0 Å². The topological polar surface area (TPSA) is 682 Å². The third-order valence-corrected chi connectivity index (χ3v) is 17.4. The molecule has 0 aliphatic carbocycles. The molecular weight excluding hydrogens is 1330 g/mol. The zero-order valence-corrected chi connectivity index (χ0v) is 52.4. The van der Waals surface area contributed by atoms with E-state index in [9.17, 15) is 132 Å². The standard InChI is InChI=1S/C54H93N3O40/c1-13-28(70)36(78)39(81)51(85-13)97-47-38(80)31(73)20(8-61)87-54(47)95-45-21(9-62)88-48(25(33(45)75)55-14(2)65)84-12-24-32(74)46(96-50-27(57-16(4)67)35(77)43(22(10-63)90-50)93-52-40(82)37(79)30(72)19(7-60)86-52)41(83)53(91-24)94-44-23(11-64)89-49(26(34(44)76)56-15(3)66)92-42(18(69)6-59)29(71)17(68)5-58/h13,17-54,58-64,68-83H,5-12H2,1-4H3,(H,55,65)(H,56,66)(H,57,67)/t13-,17+,18-,19+,20+,21+,22+,23+,24+,25+,26+,27+,28+,29-,30-,31-,32-,33+,34+,35+,36+,37-,38-,39-,40+,41+,42+,43+,44+,45+,46-,47+,48+,49-,50-,51-,52-,53-,54-/m0/s1. The Labute approximate surface area is 550 Å². The van der Waals surface area contributed by atoms with Crippen LogP contribution in [-0.2, 0) is 80.7 Å². The van der Waals surface area contributed by atoms with Gasteiger partial charge < -0.3 is 200 Å². The molecule has 7 heterocycles. The fourth-order valence-corrected chi connectivity index (χ4v) is 12.1. The van der Waals surface area contributed by atoms with Gasteiger partial charge in [-0.05, 0) is 6.92 Å². The molecule has 7 aliphatic heterocycles. The van der Waals surface area contributed by atoms with Crippen molar-refractivity contribution in [3.05, 3.63) is 0 Å². The lowest BCUT2D eigenvalue weighted by Crippen LogP contribution is -2.70. The van der Waals surface area contributed by atoms with E-state index in [1.165, 1.54) is 6.92 Å². The lowest BCUT2D eigenvalue weighted by Gasteiger charge is -2.51. The van der Waals surface area contributed by atoms with E-state index < -0.39 is 310 Å². The molecule has 0 spiro atoms. The number of ether oxygens (including phenoxy) is 14. The first-order valence-electron chi connectivity index (χ1n) is 30.9. The van der Waals surface area contributed by atoms with Gasteiger partial charge in [0.05, 0.1) is 59.0 Å². The Balaban J connectivity index is 1.21. The molecule has 3 amide bonds. The predicted molar refractivity (Wildman–Crippen MR) is 300 cm³/mol. The number of aliphatic hydroxyl groups is 23. The minimum atomic E-state index is -2.44. The van der Waals surface area contributed by atoms with Crippen LogP contribution in [0.3, 0.4) is 0 Å². The largest absolute Gasteiger partial charge is 0.394 e. The van der Waals surface area contributed by atoms with Crippen molar-refractivity contribution in [1.82, 2.24) is 16.0 Å². The van der Waals surface area contributed by atoms with Gasteiger partial charge in [-0.3, -0.25) is 14.4 Å². The molecular formula is C54H93N3O40. The Hall–Kier alpha value is -3.07. The molecule has 97 heavy (non-hydrogen) atoms. The van der Waals surface area contributed by atoms with Gasteiger partial charge in [-0.2, -0.15) is 0 Å². The highest BCUT2D eigenvalue weighted by Gasteiger charge is 2.59.